The lowest BCUT2D eigenvalue weighted by Crippen LogP contribution is -2.48. The topological polar surface area (TPSA) is 37.4 Å². The third-order valence-corrected chi connectivity index (χ3v) is 3.80. The van der Waals surface area contributed by atoms with Crippen molar-refractivity contribution in [3.8, 4) is 0 Å². The number of hydrogen-bond acceptors (Lipinski definition) is 4. The lowest BCUT2D eigenvalue weighted by atomic mass is 10.1. The van der Waals surface area contributed by atoms with Gasteiger partial charge in [-0.3, -0.25) is 4.98 Å². The SMILES string of the molecule is CC1(C)CN(c2ccncc2CNC2CC2)CCO1. The monoisotopic (exact) mass is 261 g/mol. The third-order valence-electron chi connectivity index (χ3n) is 3.80. The van der Waals surface area contributed by atoms with Gasteiger partial charge in [0.2, 0.25) is 0 Å². The molecule has 0 amide bonds. The molecule has 0 radical (unpaired) electrons. The van der Waals surface area contributed by atoms with Crippen LogP contribution in [0.25, 0.3) is 0 Å². The molecular weight excluding hydrogens is 238 g/mol. The zero-order valence-corrected chi connectivity index (χ0v) is 11.9. The molecule has 1 saturated heterocycles. The molecule has 0 spiro atoms. The lowest BCUT2D eigenvalue weighted by Gasteiger charge is -2.40. The Morgan fingerprint density at radius 1 is 1.47 bits per heavy atom. The molecule has 4 nitrogen and oxygen atoms in total. The fourth-order valence-corrected chi connectivity index (χ4v) is 2.63. The normalized spacial score (nSPS) is 22.5. The number of rotatable bonds is 4. The van der Waals surface area contributed by atoms with Gasteiger partial charge >= 0.3 is 0 Å². The summed E-state index contributed by atoms with van der Waals surface area (Å²) in [5.74, 6) is 0. The molecule has 0 bridgehead atoms. The van der Waals surface area contributed by atoms with Crippen LogP contribution in [0.3, 0.4) is 0 Å². The number of aromatic nitrogens is 1. The summed E-state index contributed by atoms with van der Waals surface area (Å²) >= 11 is 0. The second kappa shape index (κ2) is 5.10. The van der Waals surface area contributed by atoms with E-state index in [0.717, 1.165) is 32.3 Å². The molecule has 1 aromatic heterocycles. The van der Waals surface area contributed by atoms with Gasteiger partial charge in [0.1, 0.15) is 0 Å². The average molecular weight is 261 g/mol. The van der Waals surface area contributed by atoms with Gasteiger partial charge in [-0.15, -0.1) is 0 Å². The molecule has 1 N–H and O–H groups in total. The zero-order chi connectivity index (χ0) is 13.3. The summed E-state index contributed by atoms with van der Waals surface area (Å²) in [6.07, 6.45) is 6.52. The summed E-state index contributed by atoms with van der Waals surface area (Å²) in [4.78, 5) is 6.70. The van der Waals surface area contributed by atoms with Crippen LogP contribution in [0.15, 0.2) is 18.5 Å². The standard InChI is InChI=1S/C15H23N3O/c1-15(2)11-18(7-8-19-15)14-5-6-16-9-12(14)10-17-13-3-4-13/h5-6,9,13,17H,3-4,7-8,10-11H2,1-2H3. The van der Waals surface area contributed by atoms with Crippen molar-refractivity contribution in [1.29, 1.82) is 0 Å². The molecule has 0 atom stereocenters. The number of pyridine rings is 1. The summed E-state index contributed by atoms with van der Waals surface area (Å²) in [7, 11) is 0. The molecule has 0 unspecified atom stereocenters. The van der Waals surface area contributed by atoms with E-state index < -0.39 is 0 Å². The molecule has 19 heavy (non-hydrogen) atoms. The molecule has 1 aliphatic heterocycles. The maximum Gasteiger partial charge on any atom is 0.0801 e. The smallest absolute Gasteiger partial charge is 0.0801 e. The quantitative estimate of drug-likeness (QED) is 0.899. The van der Waals surface area contributed by atoms with Crippen LogP contribution in [0.2, 0.25) is 0 Å². The molecule has 104 valence electrons. The summed E-state index contributed by atoms with van der Waals surface area (Å²) in [6.45, 7) is 7.93. The molecule has 1 aromatic rings. The zero-order valence-electron chi connectivity index (χ0n) is 11.9. The average Bonchev–Trinajstić information content (AvgIpc) is 3.19. The first-order valence-corrected chi connectivity index (χ1v) is 7.19. The molecule has 2 fully saturated rings. The number of morpholine rings is 1. The van der Waals surface area contributed by atoms with Gasteiger partial charge in [0, 0.05) is 49.3 Å². The van der Waals surface area contributed by atoms with Crippen LogP contribution in [0.5, 0.6) is 0 Å². The first-order valence-electron chi connectivity index (χ1n) is 7.19. The number of nitrogens with zero attached hydrogens (tertiary/aromatic N) is 2. The first kappa shape index (κ1) is 12.9. The maximum absolute atomic E-state index is 5.79. The summed E-state index contributed by atoms with van der Waals surface area (Å²) in [6, 6.07) is 2.86. The van der Waals surface area contributed by atoms with Crippen LogP contribution in [-0.2, 0) is 11.3 Å². The number of ether oxygens (including phenoxy) is 1. The van der Waals surface area contributed by atoms with Gasteiger partial charge in [0.15, 0.2) is 0 Å². The van der Waals surface area contributed by atoms with Crippen molar-refractivity contribution >= 4 is 5.69 Å². The molecule has 1 aliphatic carbocycles. The van der Waals surface area contributed by atoms with E-state index in [1.165, 1.54) is 24.1 Å². The minimum atomic E-state index is -0.0668. The van der Waals surface area contributed by atoms with E-state index >= 15 is 0 Å². The fourth-order valence-electron chi connectivity index (χ4n) is 2.63. The molecule has 1 saturated carbocycles. The van der Waals surface area contributed by atoms with E-state index in [1.807, 2.05) is 12.4 Å². The Bertz CT molecular complexity index is 443. The fraction of sp³-hybridized carbons (Fsp3) is 0.667. The van der Waals surface area contributed by atoms with Crippen molar-refractivity contribution in [2.75, 3.05) is 24.6 Å². The Morgan fingerprint density at radius 3 is 3.05 bits per heavy atom. The van der Waals surface area contributed by atoms with E-state index in [9.17, 15) is 0 Å². The Labute approximate surface area is 115 Å². The highest BCUT2D eigenvalue weighted by molar-refractivity contribution is 5.53. The molecule has 2 heterocycles. The first-order chi connectivity index (χ1) is 9.14. The number of anilines is 1. The highest BCUT2D eigenvalue weighted by atomic mass is 16.5. The van der Waals surface area contributed by atoms with Crippen molar-refractivity contribution in [1.82, 2.24) is 10.3 Å². The van der Waals surface area contributed by atoms with Gasteiger partial charge in [-0.2, -0.15) is 0 Å². The van der Waals surface area contributed by atoms with E-state index in [-0.39, 0.29) is 5.60 Å². The van der Waals surface area contributed by atoms with Crippen molar-refractivity contribution in [3.05, 3.63) is 24.0 Å². The Balaban J connectivity index is 1.74. The van der Waals surface area contributed by atoms with E-state index in [1.54, 1.807) is 0 Å². The molecule has 2 aliphatic rings. The largest absolute Gasteiger partial charge is 0.372 e. The summed E-state index contributed by atoms with van der Waals surface area (Å²) in [5, 5.41) is 3.58. The van der Waals surface area contributed by atoms with Gasteiger partial charge < -0.3 is 15.0 Å². The Hall–Kier alpha value is -1.13. The number of hydrogen-bond donors (Lipinski definition) is 1. The molecule has 0 aromatic carbocycles. The predicted octanol–water partition coefficient (Wildman–Crippen LogP) is 1.95. The van der Waals surface area contributed by atoms with Crippen LogP contribution in [0, 0.1) is 0 Å². The highest BCUT2D eigenvalue weighted by Gasteiger charge is 2.28. The van der Waals surface area contributed by atoms with E-state index in [4.69, 9.17) is 4.74 Å². The van der Waals surface area contributed by atoms with E-state index in [2.05, 4.69) is 35.1 Å². The summed E-state index contributed by atoms with van der Waals surface area (Å²) < 4.78 is 5.79. The van der Waals surface area contributed by atoms with E-state index in [0.29, 0.717) is 0 Å². The van der Waals surface area contributed by atoms with Crippen LogP contribution in [-0.4, -0.2) is 36.3 Å². The Kier molecular flexibility index (Phi) is 3.46. The van der Waals surface area contributed by atoms with Gasteiger partial charge in [0.05, 0.1) is 12.2 Å². The van der Waals surface area contributed by atoms with Crippen molar-refractivity contribution in [3.63, 3.8) is 0 Å². The maximum atomic E-state index is 5.79. The second-order valence-corrected chi connectivity index (χ2v) is 6.19. The minimum Gasteiger partial charge on any atom is -0.372 e. The van der Waals surface area contributed by atoms with Gasteiger partial charge in [-0.05, 0) is 32.8 Å². The third kappa shape index (κ3) is 3.25. The van der Waals surface area contributed by atoms with Crippen molar-refractivity contribution in [2.45, 2.75) is 44.9 Å². The highest BCUT2D eigenvalue weighted by Crippen LogP contribution is 2.26. The summed E-state index contributed by atoms with van der Waals surface area (Å²) in [5.41, 5.74) is 2.54. The van der Waals surface area contributed by atoms with Crippen molar-refractivity contribution < 1.29 is 4.74 Å². The number of nitrogens with one attached hydrogen (secondary N) is 1. The second-order valence-electron chi connectivity index (χ2n) is 6.19. The van der Waals surface area contributed by atoms with Gasteiger partial charge in [-0.25, -0.2) is 0 Å². The lowest BCUT2D eigenvalue weighted by molar-refractivity contribution is -0.0277. The minimum absolute atomic E-state index is 0.0668. The predicted molar refractivity (Wildman–Crippen MR) is 76.3 cm³/mol. The van der Waals surface area contributed by atoms with Crippen LogP contribution < -0.4 is 10.2 Å². The van der Waals surface area contributed by atoms with Crippen LogP contribution >= 0.6 is 0 Å². The van der Waals surface area contributed by atoms with Gasteiger partial charge in [-0.1, -0.05) is 0 Å². The molecule has 3 rings (SSSR count). The van der Waals surface area contributed by atoms with Crippen molar-refractivity contribution in [2.24, 2.45) is 0 Å². The molecule has 4 heteroatoms. The Morgan fingerprint density at radius 2 is 2.32 bits per heavy atom. The van der Waals surface area contributed by atoms with Crippen LogP contribution in [0.4, 0.5) is 5.69 Å². The molecular formula is C15H23N3O. The van der Waals surface area contributed by atoms with Crippen LogP contribution in [0.1, 0.15) is 32.3 Å². The van der Waals surface area contributed by atoms with Gasteiger partial charge in [0.25, 0.3) is 0 Å².